The van der Waals surface area contributed by atoms with Crippen molar-refractivity contribution < 1.29 is 14.3 Å². The Morgan fingerprint density at radius 1 is 1.35 bits per heavy atom. The van der Waals surface area contributed by atoms with Crippen LogP contribution in [0.25, 0.3) is 0 Å². The van der Waals surface area contributed by atoms with Crippen molar-refractivity contribution in [2.45, 2.75) is 6.42 Å². The number of hydrogen-bond acceptors (Lipinski definition) is 5. The van der Waals surface area contributed by atoms with E-state index in [0.717, 1.165) is 0 Å². The quantitative estimate of drug-likeness (QED) is 0.837. The van der Waals surface area contributed by atoms with Gasteiger partial charge >= 0.3 is 0 Å². The zero-order valence-corrected chi connectivity index (χ0v) is 9.64. The van der Waals surface area contributed by atoms with Crippen LogP contribution >= 0.6 is 0 Å². The molecule has 1 aromatic rings. The van der Waals surface area contributed by atoms with Gasteiger partial charge in [0.25, 0.3) is 5.91 Å². The van der Waals surface area contributed by atoms with Crippen molar-refractivity contribution in [3.05, 3.63) is 18.2 Å². The molecule has 0 bridgehead atoms. The average Bonchev–Trinajstić information content (AvgIpc) is 2.67. The molecule has 1 aliphatic rings. The summed E-state index contributed by atoms with van der Waals surface area (Å²) >= 11 is 0. The van der Waals surface area contributed by atoms with E-state index in [-0.39, 0.29) is 12.3 Å². The van der Waals surface area contributed by atoms with Crippen molar-refractivity contribution in [2.75, 3.05) is 19.2 Å². The highest BCUT2D eigenvalue weighted by Gasteiger charge is 2.26. The molecule has 6 heteroatoms. The Hall–Kier alpha value is -2.24. The number of rotatable bonds is 3. The van der Waals surface area contributed by atoms with Gasteiger partial charge in [0.15, 0.2) is 0 Å². The van der Waals surface area contributed by atoms with Crippen LogP contribution in [0.15, 0.2) is 23.3 Å². The number of methoxy groups -OCH3 is 2. The molecule has 0 aliphatic carbocycles. The van der Waals surface area contributed by atoms with E-state index in [1.165, 1.54) is 12.1 Å². The Kier molecular flexibility index (Phi) is 2.86. The lowest BCUT2D eigenvalue weighted by Crippen LogP contribution is -2.20. The predicted molar refractivity (Wildman–Crippen MR) is 63.3 cm³/mol. The molecule has 0 spiro atoms. The summed E-state index contributed by atoms with van der Waals surface area (Å²) in [7, 11) is 3.08. The molecule has 1 aliphatic heterocycles. The number of carbonyl (C=O) groups excluding carboxylic acids is 1. The van der Waals surface area contributed by atoms with Crippen LogP contribution in [-0.4, -0.2) is 26.0 Å². The molecule has 2 rings (SSSR count). The van der Waals surface area contributed by atoms with Crippen LogP contribution in [0.1, 0.15) is 6.42 Å². The Morgan fingerprint density at radius 3 is 2.65 bits per heavy atom. The van der Waals surface area contributed by atoms with E-state index in [1.807, 2.05) is 0 Å². The van der Waals surface area contributed by atoms with Crippen LogP contribution in [0.5, 0.6) is 11.5 Å². The van der Waals surface area contributed by atoms with Crippen LogP contribution in [-0.2, 0) is 4.79 Å². The second kappa shape index (κ2) is 4.32. The summed E-state index contributed by atoms with van der Waals surface area (Å²) in [4.78, 5) is 11.7. The molecular formula is C11H13N3O3. The van der Waals surface area contributed by atoms with Gasteiger partial charge < -0.3 is 15.2 Å². The van der Waals surface area contributed by atoms with Gasteiger partial charge in [-0.3, -0.25) is 4.79 Å². The summed E-state index contributed by atoms with van der Waals surface area (Å²) < 4.78 is 10.3. The summed E-state index contributed by atoms with van der Waals surface area (Å²) in [6, 6.07) is 5.14. The van der Waals surface area contributed by atoms with Gasteiger partial charge in [-0.25, -0.2) is 0 Å². The lowest BCUT2D eigenvalue weighted by atomic mass is 10.2. The lowest BCUT2D eigenvalue weighted by molar-refractivity contribution is -0.116. The number of benzene rings is 1. The molecule has 2 N–H and O–H groups in total. The number of amides is 1. The first-order chi connectivity index (χ1) is 8.15. The maximum atomic E-state index is 11.7. The zero-order chi connectivity index (χ0) is 12.4. The van der Waals surface area contributed by atoms with Gasteiger partial charge in [-0.15, -0.1) is 0 Å². The van der Waals surface area contributed by atoms with Gasteiger partial charge in [0.2, 0.25) is 0 Å². The van der Waals surface area contributed by atoms with Crippen molar-refractivity contribution in [1.29, 1.82) is 0 Å². The Bertz CT molecular complexity index is 485. The molecule has 1 aromatic carbocycles. The third-order valence-corrected chi connectivity index (χ3v) is 2.41. The number of nitrogens with two attached hydrogens (primary N) is 1. The highest BCUT2D eigenvalue weighted by atomic mass is 16.5. The largest absolute Gasteiger partial charge is 0.497 e. The maximum absolute atomic E-state index is 11.7. The van der Waals surface area contributed by atoms with Crippen LogP contribution in [0.3, 0.4) is 0 Å². The van der Waals surface area contributed by atoms with Crippen LogP contribution < -0.4 is 20.2 Å². The van der Waals surface area contributed by atoms with Crippen LogP contribution in [0, 0.1) is 0 Å². The average molecular weight is 235 g/mol. The summed E-state index contributed by atoms with van der Waals surface area (Å²) in [5.74, 6) is 1.26. The number of ether oxygens (including phenoxy) is 2. The lowest BCUT2D eigenvalue weighted by Gasteiger charge is -2.16. The van der Waals surface area contributed by atoms with Crippen molar-refractivity contribution in [2.24, 2.45) is 10.8 Å². The molecule has 90 valence electrons. The van der Waals surface area contributed by atoms with Crippen LogP contribution in [0.2, 0.25) is 0 Å². The van der Waals surface area contributed by atoms with Gasteiger partial charge in [0.1, 0.15) is 23.0 Å². The van der Waals surface area contributed by atoms with Gasteiger partial charge in [0, 0.05) is 6.07 Å². The van der Waals surface area contributed by atoms with Crippen molar-refractivity contribution in [3.63, 3.8) is 0 Å². The highest BCUT2D eigenvalue weighted by molar-refractivity contribution is 6.12. The van der Waals surface area contributed by atoms with Crippen molar-refractivity contribution in [3.8, 4) is 11.5 Å². The van der Waals surface area contributed by atoms with Crippen LogP contribution in [0.4, 0.5) is 5.69 Å². The fourth-order valence-electron chi connectivity index (χ4n) is 1.60. The summed E-state index contributed by atoms with van der Waals surface area (Å²) in [6.07, 6.45) is 0.125. The number of hydrogen-bond donors (Lipinski definition) is 1. The Balaban J connectivity index is 2.45. The minimum Gasteiger partial charge on any atom is -0.497 e. The third-order valence-electron chi connectivity index (χ3n) is 2.41. The molecule has 6 nitrogen and oxygen atoms in total. The molecular weight excluding hydrogens is 222 g/mol. The predicted octanol–water partition coefficient (Wildman–Crippen LogP) is 0.713. The molecule has 0 aromatic heterocycles. The molecule has 0 unspecified atom stereocenters. The van der Waals surface area contributed by atoms with E-state index >= 15 is 0 Å². The minimum atomic E-state index is -0.186. The fraction of sp³-hybridized carbons (Fsp3) is 0.273. The SMILES string of the molecule is COc1ccc(OC)c(N2N=C(N)CC2=O)c1. The molecule has 0 atom stereocenters. The van der Waals surface area contributed by atoms with Crippen molar-refractivity contribution >= 4 is 17.4 Å². The number of nitrogens with zero attached hydrogens (tertiary/aromatic N) is 2. The van der Waals surface area contributed by atoms with E-state index in [1.54, 1.807) is 25.3 Å². The summed E-state index contributed by atoms with van der Waals surface area (Å²) in [5.41, 5.74) is 6.06. The first kappa shape index (κ1) is 11.3. The Labute approximate surface area is 98.6 Å². The molecule has 0 fully saturated rings. The van der Waals surface area contributed by atoms with Gasteiger partial charge in [-0.2, -0.15) is 10.1 Å². The second-order valence-electron chi connectivity index (χ2n) is 3.51. The number of carbonyl (C=O) groups is 1. The fourth-order valence-corrected chi connectivity index (χ4v) is 1.60. The number of amidine groups is 1. The van der Waals surface area contributed by atoms with Gasteiger partial charge in [-0.05, 0) is 12.1 Å². The standard InChI is InChI=1S/C11H13N3O3/c1-16-7-3-4-9(17-2)8(5-7)14-11(15)6-10(12)13-14/h3-5H,6H2,1-2H3,(H2,12,13). The molecule has 17 heavy (non-hydrogen) atoms. The monoisotopic (exact) mass is 235 g/mol. The second-order valence-corrected chi connectivity index (χ2v) is 3.51. The van der Waals surface area contributed by atoms with E-state index in [4.69, 9.17) is 15.2 Å². The first-order valence-electron chi connectivity index (χ1n) is 5.03. The molecule has 0 radical (unpaired) electrons. The van der Waals surface area contributed by atoms with E-state index in [0.29, 0.717) is 23.0 Å². The molecule has 0 saturated heterocycles. The maximum Gasteiger partial charge on any atom is 0.255 e. The number of hydrazone groups is 1. The van der Waals surface area contributed by atoms with Crippen molar-refractivity contribution in [1.82, 2.24) is 0 Å². The highest BCUT2D eigenvalue weighted by Crippen LogP contribution is 2.34. The third kappa shape index (κ3) is 2.01. The van der Waals surface area contributed by atoms with Gasteiger partial charge in [-0.1, -0.05) is 0 Å². The number of anilines is 1. The van der Waals surface area contributed by atoms with E-state index < -0.39 is 0 Å². The topological polar surface area (TPSA) is 77.2 Å². The Morgan fingerprint density at radius 2 is 2.12 bits per heavy atom. The van der Waals surface area contributed by atoms with E-state index in [9.17, 15) is 4.79 Å². The first-order valence-corrected chi connectivity index (χ1v) is 5.03. The smallest absolute Gasteiger partial charge is 0.255 e. The molecule has 1 heterocycles. The summed E-state index contributed by atoms with van der Waals surface area (Å²) in [6.45, 7) is 0. The zero-order valence-electron chi connectivity index (χ0n) is 9.64. The van der Waals surface area contributed by atoms with E-state index in [2.05, 4.69) is 5.10 Å². The molecule has 0 saturated carbocycles. The molecule has 1 amide bonds. The minimum absolute atomic E-state index is 0.125. The van der Waals surface area contributed by atoms with Gasteiger partial charge in [0.05, 0.1) is 20.6 Å². The summed E-state index contributed by atoms with van der Waals surface area (Å²) in [5, 5.41) is 5.20. The normalized spacial score (nSPS) is 14.8.